The summed E-state index contributed by atoms with van der Waals surface area (Å²) in [5, 5.41) is 10.6. The molecule has 0 atom stereocenters. The largest absolute Gasteiger partial charge is 0.391 e. The maximum absolute atomic E-state index is 9.49. The predicted molar refractivity (Wildman–Crippen MR) is 80.4 cm³/mol. The molecule has 1 aromatic heterocycles. The second kappa shape index (κ2) is 5.90. The first-order chi connectivity index (χ1) is 8.90. The molecule has 1 aliphatic rings. The molecule has 0 unspecified atom stereocenters. The molecule has 2 rings (SSSR count). The number of hydrogen-bond donors (Lipinski definition) is 1. The summed E-state index contributed by atoms with van der Waals surface area (Å²) in [4.78, 5) is 8.31. The average molecular weight is 282 g/mol. The van der Waals surface area contributed by atoms with Gasteiger partial charge in [-0.05, 0) is 31.8 Å². The van der Waals surface area contributed by atoms with Crippen LogP contribution in [0.4, 0.5) is 0 Å². The number of piperidine rings is 1. The molecule has 0 amide bonds. The number of aliphatic hydroxyl groups is 1. The van der Waals surface area contributed by atoms with Crippen LogP contribution in [0.5, 0.6) is 0 Å². The number of likely N-dealkylation sites (tertiary alicyclic amines) is 1. The topological polar surface area (TPSA) is 36.4 Å². The van der Waals surface area contributed by atoms with Crippen LogP contribution in [0.15, 0.2) is 0 Å². The smallest absolute Gasteiger partial charge is 0.107 e. The highest BCUT2D eigenvalue weighted by atomic mass is 32.1. The minimum absolute atomic E-state index is 0.0171. The Balaban J connectivity index is 2.07. The Labute approximate surface area is 120 Å². The van der Waals surface area contributed by atoms with E-state index in [1.165, 1.54) is 25.9 Å². The van der Waals surface area contributed by atoms with E-state index < -0.39 is 0 Å². The third kappa shape index (κ3) is 3.77. The lowest BCUT2D eigenvalue weighted by Crippen LogP contribution is -2.32. The first-order valence-corrected chi connectivity index (χ1v) is 8.04. The second-order valence-corrected chi connectivity index (χ2v) is 7.91. The van der Waals surface area contributed by atoms with Crippen molar-refractivity contribution in [2.24, 2.45) is 5.92 Å². The lowest BCUT2D eigenvalue weighted by molar-refractivity contribution is 0.185. The van der Waals surface area contributed by atoms with Gasteiger partial charge in [-0.3, -0.25) is 4.90 Å². The molecule has 0 aromatic carbocycles. The molecule has 1 N–H and O–H groups in total. The summed E-state index contributed by atoms with van der Waals surface area (Å²) in [6.07, 6.45) is 2.59. The molecule has 0 radical (unpaired) electrons. The molecule has 1 saturated heterocycles. The molecule has 1 aliphatic heterocycles. The molecule has 3 nitrogen and oxygen atoms in total. The summed E-state index contributed by atoms with van der Waals surface area (Å²) < 4.78 is 0. The van der Waals surface area contributed by atoms with Gasteiger partial charge >= 0.3 is 0 Å². The maximum Gasteiger partial charge on any atom is 0.107 e. The summed E-state index contributed by atoms with van der Waals surface area (Å²) in [5.74, 6) is 0.866. The molecule has 4 heteroatoms. The molecular formula is C15H26N2OS. The fourth-order valence-electron chi connectivity index (χ4n) is 2.57. The van der Waals surface area contributed by atoms with Crippen LogP contribution in [-0.4, -0.2) is 28.1 Å². The summed E-state index contributed by atoms with van der Waals surface area (Å²) in [6.45, 7) is 12.2. The van der Waals surface area contributed by atoms with Gasteiger partial charge in [0.25, 0.3) is 0 Å². The van der Waals surface area contributed by atoms with Crippen LogP contribution in [0.2, 0.25) is 0 Å². The molecule has 1 fully saturated rings. The Morgan fingerprint density at radius 1 is 1.32 bits per heavy atom. The number of hydrogen-bond acceptors (Lipinski definition) is 4. The zero-order valence-electron chi connectivity index (χ0n) is 12.6. The highest BCUT2D eigenvalue weighted by molar-refractivity contribution is 7.11. The van der Waals surface area contributed by atoms with Gasteiger partial charge < -0.3 is 5.11 Å². The van der Waals surface area contributed by atoms with Crippen molar-refractivity contribution in [3.63, 3.8) is 0 Å². The van der Waals surface area contributed by atoms with E-state index in [1.54, 1.807) is 11.3 Å². The van der Waals surface area contributed by atoms with Gasteiger partial charge in [-0.15, -0.1) is 11.3 Å². The fraction of sp³-hybridized carbons (Fsp3) is 0.800. The van der Waals surface area contributed by atoms with E-state index in [0.717, 1.165) is 28.0 Å². The number of nitrogens with zero attached hydrogens (tertiary/aromatic N) is 2. The maximum atomic E-state index is 9.49. The number of thiazole rings is 1. The molecule has 0 aliphatic carbocycles. The third-order valence-electron chi connectivity index (χ3n) is 3.83. The Morgan fingerprint density at radius 3 is 2.42 bits per heavy atom. The average Bonchev–Trinajstić information content (AvgIpc) is 2.75. The van der Waals surface area contributed by atoms with Crippen LogP contribution in [0.3, 0.4) is 0 Å². The van der Waals surface area contributed by atoms with E-state index in [2.05, 4.69) is 32.6 Å². The first-order valence-electron chi connectivity index (χ1n) is 7.22. The van der Waals surface area contributed by atoms with Crippen LogP contribution in [-0.2, 0) is 18.6 Å². The van der Waals surface area contributed by atoms with Crippen LogP contribution in [0, 0.1) is 5.92 Å². The van der Waals surface area contributed by atoms with Gasteiger partial charge in [-0.2, -0.15) is 0 Å². The van der Waals surface area contributed by atoms with Crippen molar-refractivity contribution in [3.8, 4) is 0 Å². The highest BCUT2D eigenvalue weighted by Gasteiger charge is 2.24. The van der Waals surface area contributed by atoms with Crippen molar-refractivity contribution >= 4 is 11.3 Å². The Kier molecular flexibility index (Phi) is 4.64. The summed E-state index contributed by atoms with van der Waals surface area (Å²) in [5.41, 5.74) is 1.09. The standard InChI is InChI=1S/C15H26N2OS/c1-11-5-7-17(8-6-11)9-13-16-14(15(2,3)4)12(10-18)19-13/h11,18H,5-10H2,1-4H3. The monoisotopic (exact) mass is 282 g/mol. The molecule has 2 heterocycles. The van der Waals surface area contributed by atoms with E-state index in [0.29, 0.717) is 0 Å². The van der Waals surface area contributed by atoms with Gasteiger partial charge in [0.1, 0.15) is 5.01 Å². The van der Waals surface area contributed by atoms with Crippen LogP contribution >= 0.6 is 11.3 Å². The molecular weight excluding hydrogens is 256 g/mol. The normalized spacial score (nSPS) is 19.0. The third-order valence-corrected chi connectivity index (χ3v) is 4.86. The van der Waals surface area contributed by atoms with Crippen molar-refractivity contribution in [2.45, 2.75) is 59.1 Å². The zero-order chi connectivity index (χ0) is 14.0. The summed E-state index contributed by atoms with van der Waals surface area (Å²) in [7, 11) is 0. The van der Waals surface area contributed by atoms with Crippen LogP contribution in [0.25, 0.3) is 0 Å². The van der Waals surface area contributed by atoms with Crippen molar-refractivity contribution in [2.75, 3.05) is 13.1 Å². The van der Waals surface area contributed by atoms with E-state index in [9.17, 15) is 5.11 Å². The van der Waals surface area contributed by atoms with Crippen molar-refractivity contribution < 1.29 is 5.11 Å². The quantitative estimate of drug-likeness (QED) is 0.925. The Bertz CT molecular complexity index is 414. The van der Waals surface area contributed by atoms with E-state index in [-0.39, 0.29) is 12.0 Å². The van der Waals surface area contributed by atoms with Crippen LogP contribution < -0.4 is 0 Å². The molecule has 0 saturated carbocycles. The summed E-state index contributed by atoms with van der Waals surface area (Å²) >= 11 is 1.68. The van der Waals surface area contributed by atoms with E-state index in [1.807, 2.05) is 0 Å². The predicted octanol–water partition coefficient (Wildman–Crippen LogP) is 3.16. The lowest BCUT2D eigenvalue weighted by Gasteiger charge is -2.29. The number of aliphatic hydroxyl groups excluding tert-OH is 1. The zero-order valence-corrected chi connectivity index (χ0v) is 13.4. The van der Waals surface area contributed by atoms with Gasteiger partial charge in [-0.1, -0.05) is 27.7 Å². The second-order valence-electron chi connectivity index (χ2n) is 6.75. The van der Waals surface area contributed by atoms with Gasteiger partial charge in [0.05, 0.1) is 23.7 Å². The minimum atomic E-state index is 0.0171. The number of aromatic nitrogens is 1. The molecule has 19 heavy (non-hydrogen) atoms. The molecule has 0 bridgehead atoms. The Morgan fingerprint density at radius 2 is 1.95 bits per heavy atom. The SMILES string of the molecule is CC1CCN(Cc2nc(C(C)(C)C)c(CO)s2)CC1. The Hall–Kier alpha value is -0.450. The van der Waals surface area contributed by atoms with E-state index in [4.69, 9.17) is 4.98 Å². The summed E-state index contributed by atoms with van der Waals surface area (Å²) in [6, 6.07) is 0. The van der Waals surface area contributed by atoms with Crippen molar-refractivity contribution in [3.05, 3.63) is 15.6 Å². The minimum Gasteiger partial charge on any atom is -0.391 e. The first kappa shape index (κ1) is 14.9. The lowest BCUT2D eigenvalue weighted by atomic mass is 9.91. The molecule has 108 valence electrons. The van der Waals surface area contributed by atoms with Crippen molar-refractivity contribution in [1.29, 1.82) is 0 Å². The highest BCUT2D eigenvalue weighted by Crippen LogP contribution is 2.30. The van der Waals surface area contributed by atoms with Gasteiger partial charge in [0.15, 0.2) is 0 Å². The van der Waals surface area contributed by atoms with E-state index >= 15 is 0 Å². The van der Waals surface area contributed by atoms with Gasteiger partial charge in [0.2, 0.25) is 0 Å². The van der Waals surface area contributed by atoms with Gasteiger partial charge in [-0.25, -0.2) is 4.98 Å². The fourth-order valence-corrected chi connectivity index (χ4v) is 3.75. The molecule has 0 spiro atoms. The van der Waals surface area contributed by atoms with Crippen LogP contribution in [0.1, 0.15) is 56.1 Å². The number of rotatable bonds is 3. The van der Waals surface area contributed by atoms with Gasteiger partial charge in [0, 0.05) is 5.41 Å². The molecule has 1 aromatic rings. The van der Waals surface area contributed by atoms with Crippen molar-refractivity contribution in [1.82, 2.24) is 9.88 Å².